The van der Waals surface area contributed by atoms with Crippen molar-refractivity contribution < 1.29 is 0 Å². The van der Waals surface area contributed by atoms with Crippen LogP contribution >= 0.6 is 11.6 Å². The largest absolute Gasteiger partial charge is 0.316 e. The molecule has 0 aliphatic carbocycles. The Morgan fingerprint density at radius 2 is 2.13 bits per heavy atom. The number of halogens is 1. The van der Waals surface area contributed by atoms with Crippen molar-refractivity contribution in [2.75, 3.05) is 13.1 Å². The first-order chi connectivity index (χ1) is 7.27. The van der Waals surface area contributed by atoms with Crippen LogP contribution in [-0.4, -0.2) is 13.1 Å². The molecule has 0 aliphatic heterocycles. The summed E-state index contributed by atoms with van der Waals surface area (Å²) in [4.78, 5) is 0. The smallest absolute Gasteiger partial charge is 0.0408 e. The minimum absolute atomic E-state index is 0.591. The molecule has 1 aromatic rings. The SMILES string of the molecule is CCCC(CNCC)c1cccc(Cl)c1. The van der Waals surface area contributed by atoms with E-state index in [-0.39, 0.29) is 0 Å². The van der Waals surface area contributed by atoms with Crippen molar-refractivity contribution in [3.8, 4) is 0 Å². The van der Waals surface area contributed by atoms with Crippen molar-refractivity contribution in [1.82, 2.24) is 5.32 Å². The van der Waals surface area contributed by atoms with Crippen molar-refractivity contribution in [1.29, 1.82) is 0 Å². The predicted octanol–water partition coefficient (Wildman–Crippen LogP) is 3.83. The van der Waals surface area contributed by atoms with Crippen LogP contribution in [0, 0.1) is 0 Å². The van der Waals surface area contributed by atoms with Gasteiger partial charge in [-0.3, -0.25) is 0 Å². The third kappa shape index (κ3) is 4.23. The van der Waals surface area contributed by atoms with Crippen LogP contribution in [0.4, 0.5) is 0 Å². The average Bonchev–Trinajstić information content (AvgIpc) is 2.24. The lowest BCUT2D eigenvalue weighted by molar-refractivity contribution is 0.555. The van der Waals surface area contributed by atoms with Crippen molar-refractivity contribution in [2.45, 2.75) is 32.6 Å². The second-order valence-corrected chi connectivity index (χ2v) is 4.28. The summed E-state index contributed by atoms with van der Waals surface area (Å²) in [6.07, 6.45) is 2.43. The zero-order valence-corrected chi connectivity index (χ0v) is 10.3. The highest BCUT2D eigenvalue weighted by molar-refractivity contribution is 6.30. The zero-order chi connectivity index (χ0) is 11.1. The minimum Gasteiger partial charge on any atom is -0.316 e. The van der Waals surface area contributed by atoms with Crippen molar-refractivity contribution in [3.63, 3.8) is 0 Å². The molecule has 84 valence electrons. The molecule has 1 nitrogen and oxygen atoms in total. The molecule has 0 bridgehead atoms. The first-order valence-electron chi connectivity index (χ1n) is 5.74. The van der Waals surface area contributed by atoms with Crippen molar-refractivity contribution >= 4 is 11.6 Å². The Bertz CT molecular complexity index is 286. The third-order valence-corrected chi connectivity index (χ3v) is 2.83. The Morgan fingerprint density at radius 1 is 1.33 bits per heavy atom. The fourth-order valence-electron chi connectivity index (χ4n) is 1.81. The standard InChI is InChI=1S/C13H20ClN/c1-3-6-12(10-15-4-2)11-7-5-8-13(14)9-11/h5,7-9,12,15H,3-4,6,10H2,1-2H3. The van der Waals surface area contributed by atoms with Gasteiger partial charge in [0.25, 0.3) is 0 Å². The molecule has 0 fully saturated rings. The third-order valence-electron chi connectivity index (χ3n) is 2.60. The predicted molar refractivity (Wildman–Crippen MR) is 67.6 cm³/mol. The van der Waals surface area contributed by atoms with Gasteiger partial charge in [0.2, 0.25) is 0 Å². The Balaban J connectivity index is 2.69. The highest BCUT2D eigenvalue weighted by Gasteiger charge is 2.09. The van der Waals surface area contributed by atoms with Crippen molar-refractivity contribution in [2.24, 2.45) is 0 Å². The van der Waals surface area contributed by atoms with E-state index in [0.29, 0.717) is 5.92 Å². The summed E-state index contributed by atoms with van der Waals surface area (Å²) < 4.78 is 0. The summed E-state index contributed by atoms with van der Waals surface area (Å²) in [6.45, 7) is 6.44. The number of nitrogens with one attached hydrogen (secondary N) is 1. The summed E-state index contributed by atoms with van der Waals surface area (Å²) in [5.74, 6) is 0.591. The normalized spacial score (nSPS) is 12.7. The molecule has 1 rings (SSSR count). The van der Waals surface area contributed by atoms with Crippen LogP contribution in [-0.2, 0) is 0 Å². The van der Waals surface area contributed by atoms with Gasteiger partial charge in [-0.2, -0.15) is 0 Å². The summed E-state index contributed by atoms with van der Waals surface area (Å²) in [5, 5.41) is 4.25. The fraction of sp³-hybridized carbons (Fsp3) is 0.538. The minimum atomic E-state index is 0.591. The van der Waals surface area contributed by atoms with Crippen molar-refractivity contribution in [3.05, 3.63) is 34.9 Å². The van der Waals surface area contributed by atoms with E-state index in [1.54, 1.807) is 0 Å². The van der Waals surface area contributed by atoms with E-state index < -0.39 is 0 Å². The maximum absolute atomic E-state index is 6.00. The lowest BCUT2D eigenvalue weighted by Gasteiger charge is -2.17. The molecule has 1 unspecified atom stereocenters. The summed E-state index contributed by atoms with van der Waals surface area (Å²) in [5.41, 5.74) is 1.35. The van der Waals surface area contributed by atoms with Gasteiger partial charge in [-0.1, -0.05) is 44.0 Å². The molecule has 1 N–H and O–H groups in total. The summed E-state index contributed by atoms with van der Waals surface area (Å²) >= 11 is 6.00. The van der Waals surface area contributed by atoms with Gasteiger partial charge in [-0.25, -0.2) is 0 Å². The first kappa shape index (κ1) is 12.5. The van der Waals surface area contributed by atoms with E-state index in [9.17, 15) is 0 Å². The first-order valence-corrected chi connectivity index (χ1v) is 6.11. The summed E-state index contributed by atoms with van der Waals surface area (Å²) in [6, 6.07) is 8.22. The van der Waals surface area contributed by atoms with Gasteiger partial charge >= 0.3 is 0 Å². The van der Waals surface area contributed by atoms with Crippen LogP contribution in [0.3, 0.4) is 0 Å². The van der Waals surface area contributed by atoms with E-state index in [1.807, 2.05) is 12.1 Å². The lowest BCUT2D eigenvalue weighted by Crippen LogP contribution is -2.21. The van der Waals surface area contributed by atoms with Gasteiger partial charge in [-0.15, -0.1) is 0 Å². The Hall–Kier alpha value is -0.530. The van der Waals surface area contributed by atoms with Gasteiger partial charge in [0, 0.05) is 11.6 Å². The average molecular weight is 226 g/mol. The van der Waals surface area contributed by atoms with Crippen LogP contribution < -0.4 is 5.32 Å². The topological polar surface area (TPSA) is 12.0 Å². The van der Waals surface area contributed by atoms with Crippen LogP contribution in [0.5, 0.6) is 0 Å². The van der Waals surface area contributed by atoms with Crippen LogP contribution in [0.1, 0.15) is 38.2 Å². The highest BCUT2D eigenvalue weighted by Crippen LogP contribution is 2.23. The molecule has 0 spiro atoms. The van der Waals surface area contributed by atoms with Crippen LogP contribution in [0.15, 0.2) is 24.3 Å². The van der Waals surface area contributed by atoms with E-state index >= 15 is 0 Å². The molecule has 15 heavy (non-hydrogen) atoms. The molecule has 1 aromatic carbocycles. The quantitative estimate of drug-likeness (QED) is 0.776. The Morgan fingerprint density at radius 3 is 2.73 bits per heavy atom. The number of hydrogen-bond donors (Lipinski definition) is 1. The monoisotopic (exact) mass is 225 g/mol. The number of hydrogen-bond acceptors (Lipinski definition) is 1. The van der Waals surface area contributed by atoms with E-state index in [4.69, 9.17) is 11.6 Å². The maximum Gasteiger partial charge on any atom is 0.0408 e. The molecule has 0 radical (unpaired) electrons. The van der Waals surface area contributed by atoms with Gasteiger partial charge in [0.05, 0.1) is 0 Å². The second-order valence-electron chi connectivity index (χ2n) is 3.85. The maximum atomic E-state index is 6.00. The highest BCUT2D eigenvalue weighted by atomic mass is 35.5. The molecule has 0 aliphatic rings. The lowest BCUT2D eigenvalue weighted by atomic mass is 9.94. The van der Waals surface area contributed by atoms with Crippen LogP contribution in [0.25, 0.3) is 0 Å². The Labute approximate surface area is 97.8 Å². The molecule has 0 amide bonds. The van der Waals surface area contributed by atoms with E-state index in [0.717, 1.165) is 18.1 Å². The molecule has 0 saturated heterocycles. The van der Waals surface area contributed by atoms with Gasteiger partial charge < -0.3 is 5.32 Å². The molecule has 0 aromatic heterocycles. The molecular weight excluding hydrogens is 206 g/mol. The van der Waals surface area contributed by atoms with Gasteiger partial charge in [0.15, 0.2) is 0 Å². The molecule has 0 saturated carbocycles. The number of likely N-dealkylation sites (N-methyl/N-ethyl adjacent to an activating group) is 1. The molecule has 2 heteroatoms. The van der Waals surface area contributed by atoms with E-state index in [1.165, 1.54) is 18.4 Å². The number of rotatable bonds is 6. The molecular formula is C13H20ClN. The van der Waals surface area contributed by atoms with E-state index in [2.05, 4.69) is 31.3 Å². The molecule has 1 atom stereocenters. The van der Waals surface area contributed by atoms with Gasteiger partial charge in [0.1, 0.15) is 0 Å². The number of benzene rings is 1. The second kappa shape index (κ2) is 6.86. The van der Waals surface area contributed by atoms with Gasteiger partial charge in [-0.05, 0) is 36.6 Å². The molecule has 0 heterocycles. The van der Waals surface area contributed by atoms with Crippen LogP contribution in [0.2, 0.25) is 5.02 Å². The fourth-order valence-corrected chi connectivity index (χ4v) is 2.01. The summed E-state index contributed by atoms with van der Waals surface area (Å²) in [7, 11) is 0. The zero-order valence-electron chi connectivity index (χ0n) is 9.59. The Kier molecular flexibility index (Phi) is 5.74.